The highest BCUT2D eigenvalue weighted by molar-refractivity contribution is 6.46. The highest BCUT2D eigenvalue weighted by Gasteiger charge is 2.47. The zero-order valence-electron chi connectivity index (χ0n) is 20.4. The molecule has 0 bridgehead atoms. The summed E-state index contributed by atoms with van der Waals surface area (Å²) in [6.07, 6.45) is 7.32. The van der Waals surface area contributed by atoms with Gasteiger partial charge >= 0.3 is 0 Å². The molecule has 0 aliphatic carbocycles. The maximum absolute atomic E-state index is 13.1. The van der Waals surface area contributed by atoms with E-state index in [4.69, 9.17) is 9.15 Å². The van der Waals surface area contributed by atoms with E-state index in [0.717, 1.165) is 11.1 Å². The lowest BCUT2D eigenvalue weighted by Crippen LogP contribution is -2.31. The number of benzene rings is 2. The van der Waals surface area contributed by atoms with Crippen LogP contribution in [-0.2, 0) is 22.7 Å². The highest BCUT2D eigenvalue weighted by atomic mass is 16.5. The number of aryl methyl sites for hydroxylation is 2. The normalized spacial score (nSPS) is 16.9. The van der Waals surface area contributed by atoms with Crippen molar-refractivity contribution in [1.29, 1.82) is 0 Å². The van der Waals surface area contributed by atoms with Crippen LogP contribution in [0.15, 0.2) is 95.6 Å². The van der Waals surface area contributed by atoms with Gasteiger partial charge in [-0.15, -0.1) is 0 Å². The number of ether oxygens (including phenoxy) is 1. The van der Waals surface area contributed by atoms with Gasteiger partial charge in [0.15, 0.2) is 0 Å². The molecule has 2 aromatic carbocycles. The maximum atomic E-state index is 13.1. The SMILES string of the molecule is Cc1cccc(COc2ccc(C(O)=C3C(=O)C(=O)N(CCCn4ccnc4)C3c3ccco3)cc2)c1. The fourth-order valence-corrected chi connectivity index (χ4v) is 4.53. The Bertz CT molecular complexity index is 1410. The number of rotatable bonds is 9. The molecule has 3 heterocycles. The third-order valence-corrected chi connectivity index (χ3v) is 6.34. The van der Waals surface area contributed by atoms with Crippen LogP contribution in [0, 0.1) is 6.92 Å². The van der Waals surface area contributed by atoms with Crippen molar-refractivity contribution >= 4 is 17.4 Å². The van der Waals surface area contributed by atoms with Gasteiger partial charge in [-0.1, -0.05) is 29.8 Å². The number of likely N-dealkylation sites (tertiary alicyclic amines) is 1. The average Bonchev–Trinajstić information content (AvgIpc) is 3.67. The summed E-state index contributed by atoms with van der Waals surface area (Å²) in [6, 6.07) is 17.5. The van der Waals surface area contributed by atoms with Crippen LogP contribution >= 0.6 is 0 Å². The monoisotopic (exact) mass is 497 g/mol. The minimum atomic E-state index is -0.810. The summed E-state index contributed by atoms with van der Waals surface area (Å²) in [4.78, 5) is 31.6. The Morgan fingerprint density at radius 1 is 1.08 bits per heavy atom. The van der Waals surface area contributed by atoms with Crippen LogP contribution in [0.3, 0.4) is 0 Å². The number of furan rings is 1. The Hall–Kier alpha value is -4.59. The fraction of sp³-hybridized carbons (Fsp3) is 0.207. The molecule has 1 aliphatic rings. The quantitative estimate of drug-likeness (QED) is 0.201. The van der Waals surface area contributed by atoms with Crippen molar-refractivity contribution in [2.24, 2.45) is 0 Å². The average molecular weight is 498 g/mol. The van der Waals surface area contributed by atoms with Gasteiger partial charge in [0.1, 0.15) is 29.9 Å². The second-order valence-corrected chi connectivity index (χ2v) is 8.96. The molecule has 0 radical (unpaired) electrons. The largest absolute Gasteiger partial charge is 0.507 e. The molecule has 1 aliphatic heterocycles. The summed E-state index contributed by atoms with van der Waals surface area (Å²) in [5.41, 5.74) is 2.64. The minimum Gasteiger partial charge on any atom is -0.507 e. The fourth-order valence-electron chi connectivity index (χ4n) is 4.53. The third-order valence-electron chi connectivity index (χ3n) is 6.34. The predicted molar refractivity (Wildman–Crippen MR) is 137 cm³/mol. The van der Waals surface area contributed by atoms with Crippen LogP contribution < -0.4 is 4.74 Å². The molecule has 1 fully saturated rings. The molecule has 1 atom stereocenters. The van der Waals surface area contributed by atoms with Crippen LogP contribution in [0.25, 0.3) is 5.76 Å². The van der Waals surface area contributed by atoms with Gasteiger partial charge in [-0.3, -0.25) is 9.59 Å². The van der Waals surface area contributed by atoms with Crippen LogP contribution in [-0.4, -0.2) is 37.8 Å². The number of carbonyl (C=O) groups is 2. The second kappa shape index (κ2) is 10.6. The Morgan fingerprint density at radius 3 is 2.62 bits per heavy atom. The first kappa shape index (κ1) is 24.1. The number of imidazole rings is 1. The van der Waals surface area contributed by atoms with Gasteiger partial charge in [0.25, 0.3) is 11.7 Å². The first-order chi connectivity index (χ1) is 18.0. The number of nitrogens with zero attached hydrogens (tertiary/aromatic N) is 3. The number of hydrogen-bond donors (Lipinski definition) is 1. The van der Waals surface area contributed by atoms with E-state index in [9.17, 15) is 14.7 Å². The van der Waals surface area contributed by atoms with Gasteiger partial charge in [0.05, 0.1) is 18.2 Å². The van der Waals surface area contributed by atoms with E-state index in [-0.39, 0.29) is 11.3 Å². The Balaban J connectivity index is 1.37. The van der Waals surface area contributed by atoms with E-state index in [1.165, 1.54) is 11.2 Å². The topological polar surface area (TPSA) is 97.8 Å². The van der Waals surface area contributed by atoms with Crippen molar-refractivity contribution in [3.05, 3.63) is 114 Å². The summed E-state index contributed by atoms with van der Waals surface area (Å²) in [5.74, 6) is -0.600. The van der Waals surface area contributed by atoms with E-state index < -0.39 is 17.7 Å². The van der Waals surface area contributed by atoms with E-state index >= 15 is 0 Å². The molecule has 4 aromatic rings. The van der Waals surface area contributed by atoms with Crippen molar-refractivity contribution in [3.63, 3.8) is 0 Å². The Labute approximate surface area is 214 Å². The van der Waals surface area contributed by atoms with E-state index in [1.807, 2.05) is 35.9 Å². The van der Waals surface area contributed by atoms with Gasteiger partial charge in [-0.25, -0.2) is 4.98 Å². The van der Waals surface area contributed by atoms with E-state index in [2.05, 4.69) is 11.1 Å². The number of hydrogen-bond acceptors (Lipinski definition) is 6. The van der Waals surface area contributed by atoms with Crippen molar-refractivity contribution in [2.45, 2.75) is 32.5 Å². The van der Waals surface area contributed by atoms with Crippen LogP contribution in [0.1, 0.15) is 34.9 Å². The van der Waals surface area contributed by atoms with E-state index in [0.29, 0.717) is 43.2 Å². The summed E-state index contributed by atoms with van der Waals surface area (Å²) >= 11 is 0. The number of aliphatic hydroxyl groups is 1. The molecule has 1 saturated heterocycles. The lowest BCUT2D eigenvalue weighted by molar-refractivity contribution is -0.140. The number of aliphatic hydroxyl groups excluding tert-OH is 1. The Kier molecular flexibility index (Phi) is 6.89. The predicted octanol–water partition coefficient (Wildman–Crippen LogP) is 4.88. The molecule has 1 amide bonds. The van der Waals surface area contributed by atoms with Crippen molar-refractivity contribution in [3.8, 4) is 5.75 Å². The summed E-state index contributed by atoms with van der Waals surface area (Å²) < 4.78 is 13.4. The zero-order valence-corrected chi connectivity index (χ0v) is 20.4. The molecule has 37 heavy (non-hydrogen) atoms. The molecule has 1 unspecified atom stereocenters. The molecule has 0 saturated carbocycles. The third kappa shape index (κ3) is 5.18. The van der Waals surface area contributed by atoms with Gasteiger partial charge in [-0.2, -0.15) is 0 Å². The molecular weight excluding hydrogens is 470 g/mol. The number of amides is 1. The molecule has 1 N–H and O–H groups in total. The van der Waals surface area contributed by atoms with Crippen molar-refractivity contribution in [2.75, 3.05) is 6.54 Å². The highest BCUT2D eigenvalue weighted by Crippen LogP contribution is 2.39. The molecule has 5 rings (SSSR count). The smallest absolute Gasteiger partial charge is 0.295 e. The lowest BCUT2D eigenvalue weighted by atomic mass is 9.99. The first-order valence-corrected chi connectivity index (χ1v) is 12.1. The number of aromatic nitrogens is 2. The lowest BCUT2D eigenvalue weighted by Gasteiger charge is -2.23. The van der Waals surface area contributed by atoms with Crippen molar-refractivity contribution in [1.82, 2.24) is 14.5 Å². The second-order valence-electron chi connectivity index (χ2n) is 8.96. The molecule has 2 aromatic heterocycles. The zero-order chi connectivity index (χ0) is 25.8. The molecule has 8 nitrogen and oxygen atoms in total. The van der Waals surface area contributed by atoms with Crippen molar-refractivity contribution < 1.29 is 23.8 Å². The van der Waals surface area contributed by atoms with Crippen LogP contribution in [0.2, 0.25) is 0 Å². The Morgan fingerprint density at radius 2 is 1.92 bits per heavy atom. The number of ketones is 1. The standard InChI is InChI=1S/C29H27N3O5/c1-20-5-2-6-21(17-20)18-37-23-10-8-22(9-11-23)27(33)25-26(24-7-3-16-36-24)32(29(35)28(25)34)14-4-13-31-15-12-30-19-31/h2-3,5-12,15-17,19,26,33H,4,13-14,18H2,1H3. The molecule has 0 spiro atoms. The van der Waals surface area contributed by atoms with E-state index in [1.54, 1.807) is 48.9 Å². The molecule has 8 heteroatoms. The first-order valence-electron chi connectivity index (χ1n) is 12.1. The summed E-state index contributed by atoms with van der Waals surface area (Å²) in [7, 11) is 0. The van der Waals surface area contributed by atoms with Gasteiger partial charge in [-0.05, 0) is 55.3 Å². The van der Waals surface area contributed by atoms with Gasteiger partial charge in [0.2, 0.25) is 0 Å². The van der Waals surface area contributed by atoms with Gasteiger partial charge < -0.3 is 23.7 Å². The summed E-state index contributed by atoms with van der Waals surface area (Å²) in [5, 5.41) is 11.2. The van der Waals surface area contributed by atoms with Crippen LogP contribution in [0.4, 0.5) is 0 Å². The minimum absolute atomic E-state index is 0.0102. The molecular formula is C29H27N3O5. The van der Waals surface area contributed by atoms with Crippen LogP contribution in [0.5, 0.6) is 5.75 Å². The van der Waals surface area contributed by atoms with Gasteiger partial charge in [0, 0.05) is 31.0 Å². The molecule has 188 valence electrons. The number of Topliss-reactive ketones (excluding diaryl/α,β-unsaturated/α-hetero) is 1. The number of carbonyl (C=O) groups excluding carboxylic acids is 2. The summed E-state index contributed by atoms with van der Waals surface area (Å²) in [6.45, 7) is 3.39. The maximum Gasteiger partial charge on any atom is 0.295 e.